The third kappa shape index (κ3) is 6.27. The summed E-state index contributed by atoms with van der Waals surface area (Å²) in [7, 11) is 0. The van der Waals surface area contributed by atoms with Crippen molar-refractivity contribution in [3.05, 3.63) is 48.1 Å². The van der Waals surface area contributed by atoms with E-state index in [2.05, 4.69) is 25.7 Å². The second-order valence-electron chi connectivity index (χ2n) is 5.27. The van der Waals surface area contributed by atoms with Crippen LogP contribution in [0.5, 0.6) is 5.75 Å². The summed E-state index contributed by atoms with van der Waals surface area (Å²) in [6.45, 7) is 8.83. The zero-order valence-corrected chi connectivity index (χ0v) is 13.1. The molecule has 0 aromatic heterocycles. The van der Waals surface area contributed by atoms with Gasteiger partial charge in [0.25, 0.3) is 5.91 Å². The van der Waals surface area contributed by atoms with Gasteiger partial charge in [-0.1, -0.05) is 32.1 Å². The zero-order valence-electron chi connectivity index (χ0n) is 13.1. The van der Waals surface area contributed by atoms with Gasteiger partial charge < -0.3 is 10.1 Å². The predicted octanol–water partition coefficient (Wildman–Crippen LogP) is 3.32. The number of hydrogen-bond donors (Lipinski definition) is 1. The molecule has 1 aromatic rings. The Kier molecular flexibility index (Phi) is 7.49. The molecular weight excluding hydrogens is 276 g/mol. The summed E-state index contributed by atoms with van der Waals surface area (Å²) >= 11 is 0. The molecule has 0 atom stereocenters. The van der Waals surface area contributed by atoms with Crippen molar-refractivity contribution in [2.24, 2.45) is 5.92 Å². The molecule has 0 bridgehead atoms. The van der Waals surface area contributed by atoms with E-state index in [1.807, 2.05) is 30.3 Å². The summed E-state index contributed by atoms with van der Waals surface area (Å²) in [4.78, 5) is 11.7. The Balaban J connectivity index is 2.68. The molecule has 0 fully saturated rings. The Morgan fingerprint density at radius 3 is 2.64 bits per heavy atom. The van der Waals surface area contributed by atoms with Crippen LogP contribution < -0.4 is 10.1 Å². The molecule has 4 heteroatoms. The number of ether oxygens (including phenoxy) is 1. The van der Waals surface area contributed by atoms with E-state index in [-0.39, 0.29) is 5.57 Å². The Morgan fingerprint density at radius 1 is 1.41 bits per heavy atom. The van der Waals surface area contributed by atoms with Gasteiger partial charge in [0.05, 0.1) is 6.61 Å². The lowest BCUT2D eigenvalue weighted by molar-refractivity contribution is -0.116. The molecular formula is C18H22N2O2. The molecule has 0 saturated heterocycles. The van der Waals surface area contributed by atoms with Gasteiger partial charge in [-0.15, -0.1) is 6.58 Å². The van der Waals surface area contributed by atoms with E-state index in [1.165, 1.54) is 0 Å². The molecule has 22 heavy (non-hydrogen) atoms. The Labute approximate surface area is 132 Å². The average Bonchev–Trinajstić information content (AvgIpc) is 2.51. The highest BCUT2D eigenvalue weighted by Gasteiger charge is 2.07. The zero-order chi connectivity index (χ0) is 16.4. The van der Waals surface area contributed by atoms with Crippen LogP contribution in [0, 0.1) is 17.2 Å². The monoisotopic (exact) mass is 298 g/mol. The van der Waals surface area contributed by atoms with Crippen LogP contribution in [0.25, 0.3) is 6.08 Å². The summed E-state index contributed by atoms with van der Waals surface area (Å²) in [6.07, 6.45) is 4.12. The summed E-state index contributed by atoms with van der Waals surface area (Å²) in [5.74, 6) is 0.988. The fourth-order valence-corrected chi connectivity index (χ4v) is 1.65. The summed E-state index contributed by atoms with van der Waals surface area (Å²) < 4.78 is 5.63. The van der Waals surface area contributed by atoms with Gasteiger partial charge in [-0.05, 0) is 36.1 Å². The minimum atomic E-state index is -0.403. The molecule has 0 spiro atoms. The van der Waals surface area contributed by atoms with Gasteiger partial charge in [0.15, 0.2) is 0 Å². The van der Waals surface area contributed by atoms with Gasteiger partial charge in [0, 0.05) is 6.54 Å². The predicted molar refractivity (Wildman–Crippen MR) is 88.2 cm³/mol. The van der Waals surface area contributed by atoms with Crippen molar-refractivity contribution in [3.63, 3.8) is 0 Å². The van der Waals surface area contributed by atoms with Gasteiger partial charge in [0.1, 0.15) is 17.4 Å². The molecule has 1 aromatic carbocycles. The van der Waals surface area contributed by atoms with Crippen molar-refractivity contribution in [1.82, 2.24) is 5.32 Å². The highest BCUT2D eigenvalue weighted by Crippen LogP contribution is 2.15. The fourth-order valence-electron chi connectivity index (χ4n) is 1.65. The molecule has 0 aliphatic heterocycles. The van der Waals surface area contributed by atoms with Crippen molar-refractivity contribution >= 4 is 12.0 Å². The number of rotatable bonds is 8. The Bertz CT molecular complexity index is 566. The van der Waals surface area contributed by atoms with Gasteiger partial charge in [-0.3, -0.25) is 4.79 Å². The van der Waals surface area contributed by atoms with Crippen molar-refractivity contribution < 1.29 is 9.53 Å². The molecule has 1 amide bonds. The van der Waals surface area contributed by atoms with Crippen molar-refractivity contribution in [2.45, 2.75) is 20.3 Å². The van der Waals surface area contributed by atoms with Crippen molar-refractivity contribution in [3.8, 4) is 11.8 Å². The minimum Gasteiger partial charge on any atom is -0.494 e. The molecule has 116 valence electrons. The molecule has 0 unspecified atom stereocenters. The van der Waals surface area contributed by atoms with Crippen LogP contribution in [0.1, 0.15) is 25.8 Å². The van der Waals surface area contributed by atoms with Crippen LogP contribution in [0.2, 0.25) is 0 Å². The van der Waals surface area contributed by atoms with Crippen LogP contribution in [-0.4, -0.2) is 19.1 Å². The van der Waals surface area contributed by atoms with Gasteiger partial charge in [0.2, 0.25) is 0 Å². The number of nitrogens with one attached hydrogen (secondary N) is 1. The minimum absolute atomic E-state index is 0.0651. The maximum absolute atomic E-state index is 11.7. The second-order valence-corrected chi connectivity index (χ2v) is 5.27. The van der Waals surface area contributed by atoms with Gasteiger partial charge in [-0.25, -0.2) is 0 Å². The smallest absolute Gasteiger partial charge is 0.262 e. The number of nitrogens with zero attached hydrogens (tertiary/aromatic N) is 1. The normalized spacial score (nSPS) is 10.9. The number of hydrogen-bond acceptors (Lipinski definition) is 3. The van der Waals surface area contributed by atoms with E-state index in [9.17, 15) is 4.79 Å². The largest absolute Gasteiger partial charge is 0.494 e. The lowest BCUT2D eigenvalue weighted by Gasteiger charge is -2.08. The quantitative estimate of drug-likeness (QED) is 0.455. The highest BCUT2D eigenvalue weighted by molar-refractivity contribution is 6.01. The summed E-state index contributed by atoms with van der Waals surface area (Å²) in [5, 5.41) is 11.6. The summed E-state index contributed by atoms with van der Waals surface area (Å²) in [5.41, 5.74) is 0.844. The van der Waals surface area contributed by atoms with Gasteiger partial charge in [-0.2, -0.15) is 5.26 Å². The molecule has 0 aliphatic carbocycles. The lowest BCUT2D eigenvalue weighted by atomic mass is 10.1. The second kappa shape index (κ2) is 9.41. The van der Waals surface area contributed by atoms with E-state index in [0.717, 1.165) is 17.7 Å². The first kappa shape index (κ1) is 17.5. The number of benzene rings is 1. The first-order valence-electron chi connectivity index (χ1n) is 7.30. The Hall–Kier alpha value is -2.54. The molecule has 0 radical (unpaired) electrons. The molecule has 0 heterocycles. The highest BCUT2D eigenvalue weighted by atomic mass is 16.5. The van der Waals surface area contributed by atoms with E-state index < -0.39 is 5.91 Å². The maximum Gasteiger partial charge on any atom is 0.262 e. The van der Waals surface area contributed by atoms with Gasteiger partial charge >= 0.3 is 0 Å². The first-order chi connectivity index (χ1) is 10.6. The van der Waals surface area contributed by atoms with E-state index >= 15 is 0 Å². The number of nitriles is 1. The van der Waals surface area contributed by atoms with E-state index in [4.69, 9.17) is 10.00 Å². The topological polar surface area (TPSA) is 62.1 Å². The number of amides is 1. The fraction of sp³-hybridized carbons (Fsp3) is 0.333. The van der Waals surface area contributed by atoms with Crippen LogP contribution in [0.3, 0.4) is 0 Å². The molecule has 1 rings (SSSR count). The van der Waals surface area contributed by atoms with Crippen molar-refractivity contribution in [2.75, 3.05) is 13.2 Å². The maximum atomic E-state index is 11.7. The van der Waals surface area contributed by atoms with Crippen LogP contribution >= 0.6 is 0 Å². The van der Waals surface area contributed by atoms with Crippen LogP contribution in [-0.2, 0) is 4.79 Å². The van der Waals surface area contributed by atoms with Crippen molar-refractivity contribution in [1.29, 1.82) is 5.26 Å². The number of carbonyl (C=O) groups is 1. The summed E-state index contributed by atoms with van der Waals surface area (Å²) in [6, 6.07) is 9.22. The standard InChI is InChI=1S/C18H22N2O2/c1-4-10-20-18(21)16(13-19)12-15-5-7-17(8-6-15)22-11-9-14(2)3/h4-8,12,14H,1,9-11H2,2-3H3,(H,20,21)/b16-12+. The molecule has 0 aliphatic rings. The molecule has 0 saturated carbocycles. The third-order valence-corrected chi connectivity index (χ3v) is 2.93. The van der Waals surface area contributed by atoms with E-state index in [1.54, 1.807) is 12.2 Å². The number of carbonyl (C=O) groups excluding carboxylic acids is 1. The van der Waals surface area contributed by atoms with E-state index in [0.29, 0.717) is 19.1 Å². The average molecular weight is 298 g/mol. The first-order valence-corrected chi connectivity index (χ1v) is 7.30. The van der Waals surface area contributed by atoms with Crippen LogP contribution in [0.4, 0.5) is 0 Å². The third-order valence-electron chi connectivity index (χ3n) is 2.93. The molecule has 4 nitrogen and oxygen atoms in total. The van der Waals surface area contributed by atoms with Crippen LogP contribution in [0.15, 0.2) is 42.5 Å². The molecule has 1 N–H and O–H groups in total. The SMILES string of the molecule is C=CCNC(=O)/C(C#N)=C/c1ccc(OCCC(C)C)cc1. The lowest BCUT2D eigenvalue weighted by Crippen LogP contribution is -2.24. The Morgan fingerprint density at radius 2 is 2.09 bits per heavy atom.